The molecule has 0 aromatic carbocycles. The summed E-state index contributed by atoms with van der Waals surface area (Å²) in [5.74, 6) is 0. The SMILES string of the molecule is CC(C)=[C-]C(=O)F.[Y]. The van der Waals surface area contributed by atoms with E-state index in [1.54, 1.807) is 13.8 Å². The van der Waals surface area contributed by atoms with Crippen molar-refractivity contribution in [2.45, 2.75) is 13.8 Å². The average Bonchev–Trinajstić information content (AvgIpc) is 1.27. The topological polar surface area (TPSA) is 17.1 Å². The van der Waals surface area contributed by atoms with E-state index in [1.807, 2.05) is 6.08 Å². The van der Waals surface area contributed by atoms with Gasteiger partial charge in [0.25, 0.3) is 0 Å². The fourth-order valence-electron chi connectivity index (χ4n) is 0.197. The monoisotopic (exact) mass is 190 g/mol. The molecular formula is C5H6FOY-. The second kappa shape index (κ2) is 5.58. The first-order valence-corrected chi connectivity index (χ1v) is 1.89. The molecule has 0 bridgehead atoms. The number of halogens is 1. The Kier molecular flexibility index (Phi) is 7.86. The molecule has 0 atom stereocenters. The van der Waals surface area contributed by atoms with Crippen LogP contribution in [0.15, 0.2) is 5.57 Å². The van der Waals surface area contributed by atoms with Gasteiger partial charge in [-0.1, -0.05) is 13.8 Å². The zero-order valence-corrected chi connectivity index (χ0v) is 7.70. The summed E-state index contributed by atoms with van der Waals surface area (Å²) in [6.07, 6.45) is 1.92. The molecule has 43 valence electrons. The zero-order valence-electron chi connectivity index (χ0n) is 4.86. The third-order valence-electron chi connectivity index (χ3n) is 0.348. The van der Waals surface area contributed by atoms with E-state index < -0.39 is 6.04 Å². The maximum atomic E-state index is 11.2. The third-order valence-corrected chi connectivity index (χ3v) is 0.348. The number of carbonyl (C=O) groups excluding carboxylic acids is 1. The summed E-state index contributed by atoms with van der Waals surface area (Å²) < 4.78 is 11.2. The minimum atomic E-state index is -1.50. The molecule has 0 unspecified atom stereocenters. The summed E-state index contributed by atoms with van der Waals surface area (Å²) in [7, 11) is 0. The van der Waals surface area contributed by atoms with Crippen molar-refractivity contribution < 1.29 is 41.9 Å². The van der Waals surface area contributed by atoms with Crippen LogP contribution in [0.1, 0.15) is 13.8 Å². The Balaban J connectivity index is 0. The van der Waals surface area contributed by atoms with Crippen molar-refractivity contribution in [2.75, 3.05) is 0 Å². The number of hydrogen-bond donors (Lipinski definition) is 0. The van der Waals surface area contributed by atoms with E-state index >= 15 is 0 Å². The van der Waals surface area contributed by atoms with Gasteiger partial charge in [0.2, 0.25) is 0 Å². The standard InChI is InChI=1S/C5H6FO.Y/c1-4(2)3-5(6)7;/h1-2H3;/q-1;. The molecule has 1 radical (unpaired) electrons. The van der Waals surface area contributed by atoms with Crippen LogP contribution in [0, 0.1) is 6.08 Å². The Morgan fingerprint density at radius 3 is 1.88 bits per heavy atom. The van der Waals surface area contributed by atoms with E-state index in [0.717, 1.165) is 0 Å². The van der Waals surface area contributed by atoms with Gasteiger partial charge < -0.3 is 6.08 Å². The number of allylic oxidation sites excluding steroid dienone is 2. The van der Waals surface area contributed by atoms with Gasteiger partial charge in [-0.15, -0.1) is 0 Å². The van der Waals surface area contributed by atoms with Crippen molar-refractivity contribution in [1.29, 1.82) is 0 Å². The minimum Gasteiger partial charge on any atom is -0.392 e. The molecule has 0 heterocycles. The Bertz CT molecular complexity index is 105. The molecule has 1 nitrogen and oxygen atoms in total. The molecule has 8 heavy (non-hydrogen) atoms. The van der Waals surface area contributed by atoms with Crippen molar-refractivity contribution in [3.63, 3.8) is 0 Å². The van der Waals surface area contributed by atoms with Gasteiger partial charge in [-0.3, -0.25) is 10.4 Å². The van der Waals surface area contributed by atoms with E-state index in [1.165, 1.54) is 0 Å². The molecule has 0 aliphatic carbocycles. The number of hydrogen-bond acceptors (Lipinski definition) is 1. The summed E-state index contributed by atoms with van der Waals surface area (Å²) in [4.78, 5) is 9.46. The van der Waals surface area contributed by atoms with Gasteiger partial charge in [-0.25, -0.2) is 4.39 Å². The summed E-state index contributed by atoms with van der Waals surface area (Å²) in [5, 5.41) is 0. The normalized spacial score (nSPS) is 6.88. The molecule has 0 aromatic heterocycles. The van der Waals surface area contributed by atoms with Crippen LogP contribution in [0.3, 0.4) is 0 Å². The van der Waals surface area contributed by atoms with Crippen LogP contribution in [-0.2, 0) is 37.5 Å². The molecule has 0 amide bonds. The molecule has 0 aliphatic heterocycles. The smallest absolute Gasteiger partial charge is 0.151 e. The first-order valence-electron chi connectivity index (χ1n) is 1.89. The van der Waals surface area contributed by atoms with Crippen LogP contribution in [0.25, 0.3) is 0 Å². The van der Waals surface area contributed by atoms with E-state index in [9.17, 15) is 9.18 Å². The van der Waals surface area contributed by atoms with Gasteiger partial charge in [-0.05, 0) is 0 Å². The zero-order chi connectivity index (χ0) is 5.86. The second-order valence-corrected chi connectivity index (χ2v) is 1.40. The van der Waals surface area contributed by atoms with Gasteiger partial charge in [0, 0.05) is 32.7 Å². The van der Waals surface area contributed by atoms with E-state index in [2.05, 4.69) is 0 Å². The molecule has 0 saturated carbocycles. The van der Waals surface area contributed by atoms with Crippen LogP contribution < -0.4 is 0 Å². The fraction of sp³-hybridized carbons (Fsp3) is 0.400. The Morgan fingerprint density at radius 2 is 1.88 bits per heavy atom. The third kappa shape index (κ3) is 9.67. The molecule has 3 heteroatoms. The van der Waals surface area contributed by atoms with Crippen molar-refractivity contribution >= 4 is 6.04 Å². The van der Waals surface area contributed by atoms with Crippen molar-refractivity contribution in [3.8, 4) is 0 Å². The molecule has 0 spiro atoms. The Labute approximate surface area is 73.2 Å². The molecular weight excluding hydrogens is 184 g/mol. The van der Waals surface area contributed by atoms with Crippen molar-refractivity contribution in [1.82, 2.24) is 0 Å². The first kappa shape index (κ1) is 11.3. The summed E-state index contributed by atoms with van der Waals surface area (Å²) in [5.41, 5.74) is 0.563. The van der Waals surface area contributed by atoms with Gasteiger partial charge in [-0.2, -0.15) is 0 Å². The number of carbonyl (C=O) groups is 1. The van der Waals surface area contributed by atoms with Crippen LogP contribution in [0.5, 0.6) is 0 Å². The van der Waals surface area contributed by atoms with Crippen LogP contribution in [0.4, 0.5) is 4.39 Å². The van der Waals surface area contributed by atoms with E-state index in [-0.39, 0.29) is 32.7 Å². The molecule has 0 rings (SSSR count). The molecule has 0 N–H and O–H groups in total. The maximum absolute atomic E-state index is 11.2. The fourth-order valence-corrected chi connectivity index (χ4v) is 0.197. The van der Waals surface area contributed by atoms with Crippen LogP contribution in [-0.4, -0.2) is 6.04 Å². The van der Waals surface area contributed by atoms with Crippen molar-refractivity contribution in [2.24, 2.45) is 0 Å². The predicted octanol–water partition coefficient (Wildman–Crippen LogP) is 1.25. The maximum Gasteiger partial charge on any atom is 0.151 e. The van der Waals surface area contributed by atoms with E-state index in [0.29, 0.717) is 5.57 Å². The van der Waals surface area contributed by atoms with Gasteiger partial charge >= 0.3 is 0 Å². The average molecular weight is 190 g/mol. The van der Waals surface area contributed by atoms with Crippen LogP contribution >= 0.6 is 0 Å². The molecule has 0 fully saturated rings. The minimum absolute atomic E-state index is 0. The summed E-state index contributed by atoms with van der Waals surface area (Å²) in [6, 6.07) is -1.50. The van der Waals surface area contributed by atoms with Gasteiger partial charge in [0.1, 0.15) is 0 Å². The van der Waals surface area contributed by atoms with Crippen molar-refractivity contribution in [3.05, 3.63) is 11.6 Å². The molecule has 0 saturated heterocycles. The summed E-state index contributed by atoms with van der Waals surface area (Å²) in [6.45, 7) is 3.22. The van der Waals surface area contributed by atoms with E-state index in [4.69, 9.17) is 0 Å². The first-order chi connectivity index (χ1) is 3.13. The predicted molar refractivity (Wildman–Crippen MR) is 24.2 cm³/mol. The Hall–Kier alpha value is 0.444. The van der Waals surface area contributed by atoms with Crippen LogP contribution in [0.2, 0.25) is 0 Å². The summed E-state index contributed by atoms with van der Waals surface area (Å²) >= 11 is 0. The molecule has 0 aliphatic rings. The number of rotatable bonds is 1. The van der Waals surface area contributed by atoms with Gasteiger partial charge in [0.15, 0.2) is 6.04 Å². The van der Waals surface area contributed by atoms with Gasteiger partial charge in [0.05, 0.1) is 0 Å². The molecule has 0 aromatic rings. The second-order valence-electron chi connectivity index (χ2n) is 1.40. The quantitative estimate of drug-likeness (QED) is 0.345. The Morgan fingerprint density at radius 1 is 1.50 bits per heavy atom. The largest absolute Gasteiger partial charge is 0.392 e.